The lowest BCUT2D eigenvalue weighted by molar-refractivity contribution is -0.188. The number of piperazine rings is 1. The molecule has 3 saturated heterocycles. The standard InChI is InChI=1S/C37H34F5N5O3/c1-2-21-4-3-5-22-14-26(48)15-29(30(21)22)27-8-9-28-32(31(27)39)43-35(50-20-36(11-12-36)19-45-13-10-23(38)16-45)44-33(28)46-17-24-6-7-25(18-46)47(24)34(49)37(40,41)42/h1,3-5,8-9,14-15,23-25,48H,6-7,10-13,16-20H2/t23-,24?,25?/m1/s1. The Kier molecular flexibility index (Phi) is 7.78. The van der Waals surface area contributed by atoms with Crippen molar-refractivity contribution in [1.29, 1.82) is 0 Å². The van der Waals surface area contributed by atoms with E-state index in [1.807, 2.05) is 0 Å². The van der Waals surface area contributed by atoms with E-state index in [9.17, 15) is 27.5 Å². The number of phenols is 1. The zero-order valence-corrected chi connectivity index (χ0v) is 27.0. The normalized spacial score (nSPS) is 23.1. The molecule has 50 heavy (non-hydrogen) atoms. The Morgan fingerprint density at radius 1 is 1.04 bits per heavy atom. The van der Waals surface area contributed by atoms with E-state index in [2.05, 4.69) is 15.8 Å². The molecule has 2 bridgehead atoms. The summed E-state index contributed by atoms with van der Waals surface area (Å²) in [6, 6.07) is 9.96. The van der Waals surface area contributed by atoms with Crippen molar-refractivity contribution in [3.8, 4) is 35.2 Å². The topological polar surface area (TPSA) is 82.0 Å². The van der Waals surface area contributed by atoms with Gasteiger partial charge in [0.25, 0.3) is 0 Å². The molecule has 13 heteroatoms. The van der Waals surface area contributed by atoms with Crippen LogP contribution < -0.4 is 9.64 Å². The number of alkyl halides is 4. The fourth-order valence-corrected chi connectivity index (χ4v) is 8.08. The molecule has 0 radical (unpaired) electrons. The Morgan fingerprint density at radius 2 is 1.80 bits per heavy atom. The predicted octanol–water partition coefficient (Wildman–Crippen LogP) is 6.22. The molecule has 8 nitrogen and oxygen atoms in total. The summed E-state index contributed by atoms with van der Waals surface area (Å²) in [6.45, 7) is 2.08. The third kappa shape index (κ3) is 5.73. The molecule has 3 aliphatic heterocycles. The zero-order chi connectivity index (χ0) is 34.9. The zero-order valence-electron chi connectivity index (χ0n) is 27.0. The Hall–Kier alpha value is -4.70. The minimum Gasteiger partial charge on any atom is -0.508 e. The van der Waals surface area contributed by atoms with Gasteiger partial charge in [0.15, 0.2) is 5.82 Å². The molecule has 8 rings (SSSR count). The van der Waals surface area contributed by atoms with E-state index in [-0.39, 0.29) is 48.0 Å². The number of anilines is 1. The van der Waals surface area contributed by atoms with E-state index in [4.69, 9.17) is 16.1 Å². The minimum absolute atomic E-state index is 0.0667. The van der Waals surface area contributed by atoms with Gasteiger partial charge in [-0.05, 0) is 67.3 Å². The number of likely N-dealkylation sites (tertiary alicyclic amines) is 1. The van der Waals surface area contributed by atoms with E-state index in [1.54, 1.807) is 41.3 Å². The number of aromatic hydroxyl groups is 1. The van der Waals surface area contributed by atoms with Gasteiger partial charge in [-0.3, -0.25) is 9.69 Å². The van der Waals surface area contributed by atoms with Crippen LogP contribution in [0.25, 0.3) is 32.8 Å². The summed E-state index contributed by atoms with van der Waals surface area (Å²) in [7, 11) is 0. The number of fused-ring (bicyclic) bond motifs is 4. The van der Waals surface area contributed by atoms with Crippen molar-refractivity contribution in [2.24, 2.45) is 5.41 Å². The van der Waals surface area contributed by atoms with Crippen molar-refractivity contribution in [2.45, 2.75) is 56.5 Å². The van der Waals surface area contributed by atoms with Gasteiger partial charge in [0.05, 0.1) is 18.7 Å². The number of hydrogen-bond acceptors (Lipinski definition) is 7. The Morgan fingerprint density at radius 3 is 2.46 bits per heavy atom. The van der Waals surface area contributed by atoms with Crippen LogP contribution in [0, 0.1) is 23.6 Å². The number of carbonyl (C=O) groups excluding carboxylic acids is 1. The molecule has 3 aromatic carbocycles. The van der Waals surface area contributed by atoms with Gasteiger partial charge < -0.3 is 19.6 Å². The van der Waals surface area contributed by atoms with E-state index in [1.165, 1.54) is 6.07 Å². The number of amides is 1. The monoisotopic (exact) mass is 691 g/mol. The molecule has 1 aliphatic carbocycles. The first-order chi connectivity index (χ1) is 23.9. The van der Waals surface area contributed by atoms with E-state index in [0.29, 0.717) is 72.0 Å². The van der Waals surface area contributed by atoms with Gasteiger partial charge in [0.1, 0.15) is 23.3 Å². The van der Waals surface area contributed by atoms with Crippen LogP contribution in [-0.2, 0) is 4.79 Å². The van der Waals surface area contributed by atoms with E-state index < -0.39 is 36.2 Å². The molecule has 2 unspecified atom stereocenters. The summed E-state index contributed by atoms with van der Waals surface area (Å²) in [4.78, 5) is 26.4. The summed E-state index contributed by atoms with van der Waals surface area (Å²) < 4.78 is 77.4. The van der Waals surface area contributed by atoms with Crippen LogP contribution in [0.5, 0.6) is 11.8 Å². The van der Waals surface area contributed by atoms with Crippen LogP contribution in [0.2, 0.25) is 0 Å². The van der Waals surface area contributed by atoms with Crippen LogP contribution in [0.3, 0.4) is 0 Å². The lowest BCUT2D eigenvalue weighted by Gasteiger charge is -2.42. The second-order valence-electron chi connectivity index (χ2n) is 14.1. The summed E-state index contributed by atoms with van der Waals surface area (Å²) in [6.07, 6.45) is 3.01. The molecule has 4 heterocycles. The number of terminal acetylenes is 1. The smallest absolute Gasteiger partial charge is 0.471 e. The number of ether oxygens (including phenoxy) is 1. The third-order valence-electron chi connectivity index (χ3n) is 10.7. The second kappa shape index (κ2) is 12.0. The quantitative estimate of drug-likeness (QED) is 0.182. The fourth-order valence-electron chi connectivity index (χ4n) is 8.08. The molecular weight excluding hydrogens is 657 g/mol. The first-order valence-corrected chi connectivity index (χ1v) is 16.8. The predicted molar refractivity (Wildman–Crippen MR) is 177 cm³/mol. The molecular formula is C37H34F5N5O3. The molecule has 1 aromatic heterocycles. The Labute approximate surface area is 284 Å². The Bertz CT molecular complexity index is 2050. The highest BCUT2D eigenvalue weighted by molar-refractivity contribution is 6.04. The number of nitrogens with zero attached hydrogens (tertiary/aromatic N) is 5. The van der Waals surface area contributed by atoms with Crippen LogP contribution in [0.4, 0.5) is 27.8 Å². The second-order valence-corrected chi connectivity index (χ2v) is 14.1. The van der Waals surface area contributed by atoms with Gasteiger partial charge in [0, 0.05) is 60.0 Å². The fraction of sp³-hybridized carbons (Fsp3) is 0.432. The van der Waals surface area contributed by atoms with Crippen LogP contribution in [0.1, 0.15) is 37.7 Å². The molecule has 0 spiro atoms. The lowest BCUT2D eigenvalue weighted by atomic mass is 9.93. The third-order valence-corrected chi connectivity index (χ3v) is 10.7. The number of aromatic nitrogens is 2. The molecule has 260 valence electrons. The summed E-state index contributed by atoms with van der Waals surface area (Å²) in [5.74, 6) is 0.284. The SMILES string of the molecule is C#Cc1cccc2cc(O)cc(-c3ccc4c(N5CC6CCC(C5)N6C(=O)C(F)(F)F)nc(OCC5(CN6CC[C@@H](F)C6)CC5)nc4c3F)c12. The van der Waals surface area contributed by atoms with Crippen molar-refractivity contribution in [3.63, 3.8) is 0 Å². The Balaban J connectivity index is 1.20. The molecule has 1 N–H and O–H groups in total. The first-order valence-electron chi connectivity index (χ1n) is 16.8. The molecule has 1 amide bonds. The number of hydrogen-bond donors (Lipinski definition) is 1. The maximum atomic E-state index is 16.9. The van der Waals surface area contributed by atoms with E-state index in [0.717, 1.165) is 17.7 Å². The van der Waals surface area contributed by atoms with Gasteiger partial charge in [-0.1, -0.05) is 24.1 Å². The molecule has 4 aromatic rings. The molecule has 4 aliphatic rings. The van der Waals surface area contributed by atoms with Crippen molar-refractivity contribution in [1.82, 2.24) is 19.8 Å². The first kappa shape index (κ1) is 32.5. The van der Waals surface area contributed by atoms with Crippen molar-refractivity contribution in [2.75, 3.05) is 44.2 Å². The average molecular weight is 692 g/mol. The molecule has 1 saturated carbocycles. The minimum atomic E-state index is -4.99. The number of benzene rings is 3. The van der Waals surface area contributed by atoms with Crippen molar-refractivity contribution >= 4 is 33.4 Å². The van der Waals surface area contributed by atoms with Crippen LogP contribution >= 0.6 is 0 Å². The van der Waals surface area contributed by atoms with Gasteiger partial charge in [0.2, 0.25) is 0 Å². The number of halogens is 5. The summed E-state index contributed by atoms with van der Waals surface area (Å²) in [5, 5.41) is 12.1. The number of phenolic OH excluding ortho intramolecular Hbond substituents is 1. The van der Waals surface area contributed by atoms with Crippen LogP contribution in [0.15, 0.2) is 42.5 Å². The summed E-state index contributed by atoms with van der Waals surface area (Å²) in [5.41, 5.74) is 0.728. The maximum absolute atomic E-state index is 16.9. The van der Waals surface area contributed by atoms with Crippen molar-refractivity contribution < 1.29 is 36.6 Å². The van der Waals surface area contributed by atoms with Gasteiger partial charge in [-0.15, -0.1) is 6.42 Å². The van der Waals surface area contributed by atoms with Crippen LogP contribution in [-0.4, -0.2) is 94.5 Å². The summed E-state index contributed by atoms with van der Waals surface area (Å²) >= 11 is 0. The maximum Gasteiger partial charge on any atom is 0.471 e. The highest BCUT2D eigenvalue weighted by atomic mass is 19.4. The molecule has 3 atom stereocenters. The highest BCUT2D eigenvalue weighted by Gasteiger charge is 2.52. The van der Waals surface area contributed by atoms with Gasteiger partial charge >= 0.3 is 18.1 Å². The average Bonchev–Trinajstić information content (AvgIpc) is 3.65. The molecule has 4 fully saturated rings. The number of rotatable bonds is 7. The highest BCUT2D eigenvalue weighted by Crippen LogP contribution is 2.47. The van der Waals surface area contributed by atoms with Gasteiger partial charge in [-0.2, -0.15) is 23.1 Å². The lowest BCUT2D eigenvalue weighted by Crippen LogP contribution is -2.59. The van der Waals surface area contributed by atoms with E-state index >= 15 is 4.39 Å². The largest absolute Gasteiger partial charge is 0.508 e. The van der Waals surface area contributed by atoms with Crippen molar-refractivity contribution in [3.05, 3.63) is 53.8 Å². The van der Waals surface area contributed by atoms with Gasteiger partial charge in [-0.25, -0.2) is 8.78 Å². The number of carbonyl (C=O) groups is 1.